The van der Waals surface area contributed by atoms with E-state index in [-0.39, 0.29) is 17.0 Å². The molecule has 7 heteroatoms. The summed E-state index contributed by atoms with van der Waals surface area (Å²) >= 11 is 6.39. The topological polar surface area (TPSA) is 84.3 Å². The van der Waals surface area contributed by atoms with E-state index in [2.05, 4.69) is 6.07 Å². The summed E-state index contributed by atoms with van der Waals surface area (Å²) in [6.45, 7) is 3.09. The Kier molecular flexibility index (Phi) is 5.26. The summed E-state index contributed by atoms with van der Waals surface area (Å²) in [6, 6.07) is 11.0. The van der Waals surface area contributed by atoms with Gasteiger partial charge in [-0.25, -0.2) is 0 Å². The van der Waals surface area contributed by atoms with Crippen molar-refractivity contribution in [1.29, 1.82) is 5.26 Å². The molecular formula is C20H21ClN4O2. The van der Waals surface area contributed by atoms with Gasteiger partial charge in [0.25, 0.3) is 5.56 Å². The molecule has 140 valence electrons. The highest BCUT2D eigenvalue weighted by Gasteiger charge is 2.35. The minimum absolute atomic E-state index is 0.000221. The number of aryl methyl sites for hydroxylation is 1. The molecule has 0 aliphatic carbocycles. The van der Waals surface area contributed by atoms with Crippen molar-refractivity contribution >= 4 is 11.6 Å². The highest BCUT2D eigenvalue weighted by atomic mass is 35.5. The maximum absolute atomic E-state index is 13.4. The summed E-state index contributed by atoms with van der Waals surface area (Å²) < 4.78 is 7.33. The average molecular weight is 385 g/mol. The number of ether oxygens (including phenoxy) is 1. The minimum atomic E-state index is -0.661. The highest BCUT2D eigenvalue weighted by molar-refractivity contribution is 6.31. The van der Waals surface area contributed by atoms with Crippen LogP contribution in [-0.4, -0.2) is 30.1 Å². The van der Waals surface area contributed by atoms with Crippen molar-refractivity contribution < 1.29 is 4.74 Å². The van der Waals surface area contributed by atoms with Crippen LogP contribution >= 0.6 is 11.6 Å². The predicted octanol–water partition coefficient (Wildman–Crippen LogP) is 2.59. The van der Waals surface area contributed by atoms with Crippen molar-refractivity contribution in [2.45, 2.75) is 19.4 Å². The van der Waals surface area contributed by atoms with Gasteiger partial charge in [-0.15, -0.1) is 0 Å². The summed E-state index contributed by atoms with van der Waals surface area (Å²) in [5.74, 6) is -0.286. The molecule has 2 aromatic rings. The number of likely N-dealkylation sites (N-methyl/N-ethyl adjacent to an activating group) is 1. The van der Waals surface area contributed by atoms with Crippen LogP contribution < -0.4 is 16.0 Å². The zero-order chi connectivity index (χ0) is 19.7. The average Bonchev–Trinajstić information content (AvgIpc) is 2.60. The Balaban J connectivity index is 2.26. The van der Waals surface area contributed by atoms with E-state index in [0.717, 1.165) is 5.69 Å². The normalized spacial score (nSPS) is 16.1. The van der Waals surface area contributed by atoms with Crippen LogP contribution in [0.3, 0.4) is 0 Å². The summed E-state index contributed by atoms with van der Waals surface area (Å²) in [6.07, 6.45) is 0. The maximum atomic E-state index is 13.4. The number of aromatic nitrogens is 1. The quantitative estimate of drug-likeness (QED) is 0.875. The first-order chi connectivity index (χ1) is 12.8. The first-order valence-electron chi connectivity index (χ1n) is 8.56. The molecule has 1 aromatic carbocycles. The first kappa shape index (κ1) is 19.0. The van der Waals surface area contributed by atoms with Gasteiger partial charge in [-0.2, -0.15) is 5.26 Å². The van der Waals surface area contributed by atoms with E-state index in [1.54, 1.807) is 28.8 Å². The fourth-order valence-corrected chi connectivity index (χ4v) is 3.53. The Morgan fingerprint density at radius 3 is 2.70 bits per heavy atom. The van der Waals surface area contributed by atoms with Crippen molar-refractivity contribution in [3.05, 3.63) is 74.0 Å². The monoisotopic (exact) mass is 384 g/mol. The molecule has 0 amide bonds. The first-order valence-corrected chi connectivity index (χ1v) is 8.94. The number of allylic oxidation sites excluding steroid dienone is 1. The number of benzene rings is 1. The Morgan fingerprint density at radius 1 is 1.37 bits per heavy atom. The van der Waals surface area contributed by atoms with Gasteiger partial charge in [0.05, 0.1) is 11.5 Å². The van der Waals surface area contributed by atoms with E-state index >= 15 is 0 Å². The molecule has 6 nitrogen and oxygen atoms in total. The third kappa shape index (κ3) is 3.44. The molecule has 0 bridgehead atoms. The Hall–Kier alpha value is -2.75. The van der Waals surface area contributed by atoms with Gasteiger partial charge in [0.2, 0.25) is 5.88 Å². The lowest BCUT2D eigenvalue weighted by atomic mass is 9.84. The summed E-state index contributed by atoms with van der Waals surface area (Å²) in [4.78, 5) is 15.4. The van der Waals surface area contributed by atoms with Crippen molar-refractivity contribution in [3.8, 4) is 11.8 Å². The largest absolute Gasteiger partial charge is 0.440 e. The number of fused-ring (bicyclic) bond motifs is 1. The Morgan fingerprint density at radius 2 is 2.07 bits per heavy atom. The van der Waals surface area contributed by atoms with Crippen molar-refractivity contribution in [3.63, 3.8) is 0 Å². The van der Waals surface area contributed by atoms with Gasteiger partial charge in [-0.1, -0.05) is 29.8 Å². The van der Waals surface area contributed by atoms with Crippen molar-refractivity contribution in [1.82, 2.24) is 9.47 Å². The highest BCUT2D eigenvalue weighted by Crippen LogP contribution is 2.42. The van der Waals surface area contributed by atoms with Gasteiger partial charge in [-0.05, 0) is 32.6 Å². The van der Waals surface area contributed by atoms with E-state index < -0.39 is 5.92 Å². The minimum Gasteiger partial charge on any atom is -0.440 e. The second kappa shape index (κ2) is 7.47. The molecule has 0 radical (unpaired) electrons. The smallest absolute Gasteiger partial charge is 0.258 e. The second-order valence-corrected chi connectivity index (χ2v) is 7.18. The molecule has 0 unspecified atom stereocenters. The van der Waals surface area contributed by atoms with Gasteiger partial charge in [-0.3, -0.25) is 4.79 Å². The van der Waals surface area contributed by atoms with E-state index in [1.807, 2.05) is 32.0 Å². The number of nitrogens with zero attached hydrogens (tertiary/aromatic N) is 3. The molecule has 0 saturated heterocycles. The number of nitrogens with two attached hydrogens (primary N) is 1. The van der Waals surface area contributed by atoms with E-state index in [9.17, 15) is 10.1 Å². The van der Waals surface area contributed by atoms with Gasteiger partial charge < -0.3 is 19.9 Å². The van der Waals surface area contributed by atoms with Gasteiger partial charge in [0.15, 0.2) is 0 Å². The Bertz CT molecular complexity index is 1020. The van der Waals surface area contributed by atoms with Gasteiger partial charge >= 0.3 is 0 Å². The molecule has 3 rings (SSSR count). The number of hydrogen-bond acceptors (Lipinski definition) is 5. The maximum Gasteiger partial charge on any atom is 0.258 e. The number of nitriles is 1. The van der Waals surface area contributed by atoms with Crippen LogP contribution in [0.4, 0.5) is 0 Å². The fourth-order valence-electron chi connectivity index (χ4n) is 3.28. The van der Waals surface area contributed by atoms with Crippen molar-refractivity contribution in [2.24, 2.45) is 5.73 Å². The lowest BCUT2D eigenvalue weighted by Crippen LogP contribution is -2.34. The molecule has 27 heavy (non-hydrogen) atoms. The molecular weight excluding hydrogens is 364 g/mol. The molecule has 2 heterocycles. The standard InChI is InChI=1S/C20H21ClN4O2/c1-12-10-16-18(20(26)25(12)9-8-24(2)3)17(14(11-22)19(23)27-16)13-6-4-5-7-15(13)21/h4-7,10,17H,8-9,23H2,1-3H3/t17-/m0/s1. The van der Waals surface area contributed by atoms with Gasteiger partial charge in [0.1, 0.15) is 17.4 Å². The van der Waals surface area contributed by atoms with Crippen LogP contribution in [0.5, 0.6) is 5.75 Å². The zero-order valence-electron chi connectivity index (χ0n) is 15.5. The molecule has 0 saturated carbocycles. The van der Waals surface area contributed by atoms with Gasteiger partial charge in [0, 0.05) is 29.9 Å². The van der Waals surface area contributed by atoms with E-state index in [4.69, 9.17) is 22.1 Å². The third-order valence-corrected chi connectivity index (χ3v) is 5.02. The molecule has 2 N–H and O–H groups in total. The number of hydrogen-bond donors (Lipinski definition) is 1. The lowest BCUT2D eigenvalue weighted by Gasteiger charge is -2.28. The molecule has 0 fully saturated rings. The van der Waals surface area contributed by atoms with Crippen LogP contribution in [0.1, 0.15) is 22.7 Å². The third-order valence-electron chi connectivity index (χ3n) is 4.68. The lowest BCUT2D eigenvalue weighted by molar-refractivity contribution is 0.369. The molecule has 0 spiro atoms. The SMILES string of the molecule is Cc1cc2c(c(=O)n1CCN(C)C)[C@@H](c1ccccc1Cl)C(C#N)=C(N)O2. The van der Waals surface area contributed by atoms with Crippen LogP contribution in [-0.2, 0) is 6.54 Å². The number of pyridine rings is 1. The Labute approximate surface area is 163 Å². The molecule has 1 aromatic heterocycles. The van der Waals surface area contributed by atoms with Crippen molar-refractivity contribution in [2.75, 3.05) is 20.6 Å². The predicted molar refractivity (Wildman–Crippen MR) is 105 cm³/mol. The van der Waals surface area contributed by atoms with Crippen LogP contribution in [0.2, 0.25) is 5.02 Å². The number of rotatable bonds is 4. The van der Waals surface area contributed by atoms with Crippen LogP contribution in [0, 0.1) is 18.3 Å². The molecule has 1 aliphatic rings. The summed E-state index contributed by atoms with van der Waals surface area (Å²) in [7, 11) is 3.90. The second-order valence-electron chi connectivity index (χ2n) is 6.77. The van der Waals surface area contributed by atoms with E-state index in [1.165, 1.54) is 0 Å². The zero-order valence-corrected chi connectivity index (χ0v) is 16.2. The fraction of sp³-hybridized carbons (Fsp3) is 0.300. The van der Waals surface area contributed by atoms with E-state index in [0.29, 0.717) is 35.0 Å². The van der Waals surface area contributed by atoms with Crippen LogP contribution in [0.25, 0.3) is 0 Å². The molecule has 1 atom stereocenters. The number of halogens is 1. The van der Waals surface area contributed by atoms with Crippen LogP contribution in [0.15, 0.2) is 46.6 Å². The molecule has 1 aliphatic heterocycles. The summed E-state index contributed by atoms with van der Waals surface area (Å²) in [5, 5.41) is 10.1. The summed E-state index contributed by atoms with van der Waals surface area (Å²) in [5.41, 5.74) is 7.80.